The van der Waals surface area contributed by atoms with Crippen molar-refractivity contribution in [3.8, 4) is 0 Å². The maximum atomic E-state index is 11.9. The topological polar surface area (TPSA) is 110 Å². The van der Waals surface area contributed by atoms with E-state index in [0.717, 1.165) is 18.2 Å². The van der Waals surface area contributed by atoms with Gasteiger partial charge < -0.3 is 10.4 Å². The highest BCUT2D eigenvalue weighted by molar-refractivity contribution is 7.98. The molecular formula is C12H14N2O5S. The fourth-order valence-corrected chi connectivity index (χ4v) is 2.15. The van der Waals surface area contributed by atoms with Crippen molar-refractivity contribution in [3.05, 3.63) is 39.4 Å². The monoisotopic (exact) mass is 298 g/mol. The second-order valence-electron chi connectivity index (χ2n) is 4.16. The average Bonchev–Trinajstić information content (AvgIpc) is 2.38. The second kappa shape index (κ2) is 6.90. The molecule has 0 bridgehead atoms. The van der Waals surface area contributed by atoms with Crippen molar-refractivity contribution in [2.24, 2.45) is 0 Å². The number of carbonyl (C=O) groups is 2. The average molecular weight is 298 g/mol. The van der Waals surface area contributed by atoms with Crippen molar-refractivity contribution in [2.75, 3.05) is 12.0 Å². The molecule has 0 saturated heterocycles. The molecule has 1 rings (SSSR count). The van der Waals surface area contributed by atoms with E-state index < -0.39 is 22.5 Å². The van der Waals surface area contributed by atoms with Gasteiger partial charge in [0.05, 0.1) is 10.5 Å². The number of nitrogens with zero attached hydrogens (tertiary/aromatic N) is 1. The highest BCUT2D eigenvalue weighted by atomic mass is 32.2. The van der Waals surface area contributed by atoms with E-state index in [0.29, 0.717) is 5.75 Å². The highest BCUT2D eigenvalue weighted by Crippen LogP contribution is 2.17. The van der Waals surface area contributed by atoms with Gasteiger partial charge in [-0.3, -0.25) is 14.9 Å². The molecule has 0 saturated carbocycles. The van der Waals surface area contributed by atoms with Gasteiger partial charge in [-0.1, -0.05) is 0 Å². The van der Waals surface area contributed by atoms with Gasteiger partial charge in [-0.25, -0.2) is 4.79 Å². The van der Waals surface area contributed by atoms with Crippen LogP contribution < -0.4 is 5.32 Å². The smallest absolute Gasteiger partial charge is 0.335 e. The molecule has 1 amide bonds. The third-order valence-corrected chi connectivity index (χ3v) is 3.27. The van der Waals surface area contributed by atoms with Gasteiger partial charge >= 0.3 is 5.97 Å². The standard InChI is InChI=1S/C12H14N2O5S/c1-7(6-20-2)13-11(15)8-3-9(12(16)17)5-10(4-8)14(18)19/h3-5,7H,6H2,1-2H3,(H,13,15)(H,16,17). The maximum absolute atomic E-state index is 11.9. The molecule has 108 valence electrons. The number of benzene rings is 1. The Balaban J connectivity index is 3.07. The fraction of sp³-hybridized carbons (Fsp3) is 0.333. The molecule has 2 N–H and O–H groups in total. The van der Waals surface area contributed by atoms with Crippen LogP contribution in [0.1, 0.15) is 27.6 Å². The third kappa shape index (κ3) is 4.23. The summed E-state index contributed by atoms with van der Waals surface area (Å²) in [5, 5.41) is 22.3. The molecule has 1 aromatic carbocycles. The molecule has 1 aromatic rings. The summed E-state index contributed by atoms with van der Waals surface area (Å²) in [6.07, 6.45) is 1.89. The summed E-state index contributed by atoms with van der Waals surface area (Å²) in [6, 6.07) is 2.99. The van der Waals surface area contributed by atoms with E-state index in [2.05, 4.69) is 5.32 Å². The molecule has 0 radical (unpaired) electrons. The van der Waals surface area contributed by atoms with Crippen molar-refractivity contribution < 1.29 is 19.6 Å². The predicted molar refractivity (Wildman–Crippen MR) is 75.4 cm³/mol. The summed E-state index contributed by atoms with van der Waals surface area (Å²) in [7, 11) is 0. The highest BCUT2D eigenvalue weighted by Gasteiger charge is 2.18. The lowest BCUT2D eigenvalue weighted by atomic mass is 10.1. The molecule has 0 aliphatic carbocycles. The normalized spacial score (nSPS) is 11.7. The third-order valence-electron chi connectivity index (χ3n) is 2.43. The molecule has 7 nitrogen and oxygen atoms in total. The van der Waals surface area contributed by atoms with Crippen LogP contribution >= 0.6 is 11.8 Å². The largest absolute Gasteiger partial charge is 0.478 e. The summed E-state index contributed by atoms with van der Waals surface area (Å²) < 4.78 is 0. The number of nitrogens with one attached hydrogen (secondary N) is 1. The zero-order chi connectivity index (χ0) is 15.3. The van der Waals surface area contributed by atoms with E-state index in [4.69, 9.17) is 5.11 Å². The number of carboxylic acids is 1. The minimum Gasteiger partial charge on any atom is -0.478 e. The van der Waals surface area contributed by atoms with Gasteiger partial charge in [-0.15, -0.1) is 0 Å². The van der Waals surface area contributed by atoms with Crippen LogP contribution in [0.15, 0.2) is 18.2 Å². The SMILES string of the molecule is CSCC(C)NC(=O)c1cc(C(=O)O)cc([N+](=O)[O-])c1. The zero-order valence-electron chi connectivity index (χ0n) is 11.0. The Morgan fingerprint density at radius 2 is 2.00 bits per heavy atom. The van der Waals surface area contributed by atoms with Gasteiger partial charge in [-0.2, -0.15) is 11.8 Å². The Morgan fingerprint density at radius 1 is 1.40 bits per heavy atom. The molecule has 0 spiro atoms. The number of carboxylic acid groups (broad SMARTS) is 1. The lowest BCUT2D eigenvalue weighted by molar-refractivity contribution is -0.384. The maximum Gasteiger partial charge on any atom is 0.335 e. The first-order chi connectivity index (χ1) is 9.35. The van der Waals surface area contributed by atoms with Gasteiger partial charge in [0, 0.05) is 29.5 Å². The quantitative estimate of drug-likeness (QED) is 0.612. The number of nitro benzene ring substituents is 1. The Kier molecular flexibility index (Phi) is 5.51. The van der Waals surface area contributed by atoms with Gasteiger partial charge in [0.2, 0.25) is 0 Å². The van der Waals surface area contributed by atoms with Crippen LogP contribution in [0.3, 0.4) is 0 Å². The molecule has 1 atom stereocenters. The van der Waals surface area contributed by atoms with Crippen molar-refractivity contribution in [2.45, 2.75) is 13.0 Å². The molecule has 0 aliphatic rings. The second-order valence-corrected chi connectivity index (χ2v) is 5.07. The first-order valence-corrected chi connectivity index (χ1v) is 7.07. The minimum atomic E-state index is -1.32. The molecule has 0 aromatic heterocycles. The van der Waals surface area contributed by atoms with E-state index in [-0.39, 0.29) is 17.2 Å². The number of amides is 1. The van der Waals surface area contributed by atoms with Gasteiger partial charge in [0.25, 0.3) is 11.6 Å². The minimum absolute atomic E-state index is 0.0375. The van der Waals surface area contributed by atoms with Crippen molar-refractivity contribution in [1.29, 1.82) is 0 Å². The molecule has 0 heterocycles. The van der Waals surface area contributed by atoms with E-state index in [1.807, 2.05) is 6.26 Å². The number of non-ortho nitro benzene ring substituents is 1. The molecule has 8 heteroatoms. The Labute approximate surface area is 119 Å². The van der Waals surface area contributed by atoms with Crippen LogP contribution in [0.5, 0.6) is 0 Å². The van der Waals surface area contributed by atoms with Gasteiger partial charge in [0.15, 0.2) is 0 Å². The number of thioether (sulfide) groups is 1. The summed E-state index contributed by atoms with van der Waals surface area (Å²) in [6.45, 7) is 1.80. The van der Waals surface area contributed by atoms with E-state index in [1.165, 1.54) is 0 Å². The van der Waals surface area contributed by atoms with Gasteiger partial charge in [-0.05, 0) is 19.2 Å². The number of hydrogen-bond donors (Lipinski definition) is 2. The Hall–Kier alpha value is -2.09. The number of nitro groups is 1. The van der Waals surface area contributed by atoms with Crippen molar-refractivity contribution in [3.63, 3.8) is 0 Å². The lowest BCUT2D eigenvalue weighted by Crippen LogP contribution is -2.34. The zero-order valence-corrected chi connectivity index (χ0v) is 11.8. The molecule has 0 aliphatic heterocycles. The number of carbonyl (C=O) groups excluding carboxylic acids is 1. The number of rotatable bonds is 6. The first-order valence-electron chi connectivity index (χ1n) is 5.67. The van der Waals surface area contributed by atoms with Crippen LogP contribution in [0.2, 0.25) is 0 Å². The molecule has 20 heavy (non-hydrogen) atoms. The summed E-state index contributed by atoms with van der Waals surface area (Å²) in [4.78, 5) is 32.9. The summed E-state index contributed by atoms with van der Waals surface area (Å²) >= 11 is 1.55. The fourth-order valence-electron chi connectivity index (χ4n) is 1.57. The van der Waals surface area contributed by atoms with Crippen LogP contribution in [-0.2, 0) is 0 Å². The van der Waals surface area contributed by atoms with E-state index >= 15 is 0 Å². The summed E-state index contributed by atoms with van der Waals surface area (Å²) in [5.74, 6) is -1.16. The number of hydrogen-bond acceptors (Lipinski definition) is 5. The van der Waals surface area contributed by atoms with Gasteiger partial charge in [0.1, 0.15) is 0 Å². The van der Waals surface area contributed by atoms with Crippen LogP contribution in [-0.4, -0.2) is 40.0 Å². The first kappa shape index (κ1) is 16.0. The molecule has 0 fully saturated rings. The van der Waals surface area contributed by atoms with Crippen LogP contribution in [0.25, 0.3) is 0 Å². The predicted octanol–water partition coefficient (Wildman–Crippen LogP) is 1.77. The Bertz CT molecular complexity index is 514. The van der Waals surface area contributed by atoms with E-state index in [1.54, 1.807) is 18.7 Å². The van der Waals surface area contributed by atoms with Crippen molar-refractivity contribution in [1.82, 2.24) is 5.32 Å². The van der Waals surface area contributed by atoms with Crippen LogP contribution in [0, 0.1) is 10.1 Å². The number of aromatic carboxylic acids is 1. The van der Waals surface area contributed by atoms with Crippen LogP contribution in [0.4, 0.5) is 5.69 Å². The van der Waals surface area contributed by atoms with E-state index in [9.17, 15) is 19.7 Å². The Morgan fingerprint density at radius 3 is 2.50 bits per heavy atom. The molecular weight excluding hydrogens is 284 g/mol. The van der Waals surface area contributed by atoms with Crippen molar-refractivity contribution >= 4 is 29.3 Å². The summed E-state index contributed by atoms with van der Waals surface area (Å²) in [5.41, 5.74) is -0.751. The lowest BCUT2D eigenvalue weighted by Gasteiger charge is -2.12. The molecule has 1 unspecified atom stereocenters.